The van der Waals surface area contributed by atoms with E-state index >= 15 is 0 Å². The zero-order valence-electron chi connectivity index (χ0n) is 9.85. The highest BCUT2D eigenvalue weighted by Crippen LogP contribution is 2.16. The van der Waals surface area contributed by atoms with Crippen LogP contribution in [0, 0.1) is 11.3 Å². The normalized spacial score (nSPS) is 12.4. The summed E-state index contributed by atoms with van der Waals surface area (Å²) in [4.78, 5) is 0. The van der Waals surface area contributed by atoms with Crippen LogP contribution in [0.25, 0.3) is 0 Å². The minimum Gasteiger partial charge on any atom is -0.396 e. The van der Waals surface area contributed by atoms with E-state index in [-0.39, 0.29) is 12.6 Å². The molecule has 5 heteroatoms. The Kier molecular flexibility index (Phi) is 4.93. The van der Waals surface area contributed by atoms with Crippen molar-refractivity contribution in [3.05, 3.63) is 11.4 Å². The summed E-state index contributed by atoms with van der Waals surface area (Å²) in [6.07, 6.45) is 2.84. The molecule has 1 aromatic heterocycles. The van der Waals surface area contributed by atoms with Gasteiger partial charge >= 0.3 is 0 Å². The number of nitrogens with zero attached hydrogens (tertiary/aromatic N) is 4. The first kappa shape index (κ1) is 12.7. The first-order chi connectivity index (χ1) is 7.74. The topological polar surface area (TPSA) is 74.7 Å². The van der Waals surface area contributed by atoms with Gasteiger partial charge in [0, 0.05) is 6.61 Å². The SMILES string of the molecule is CCCc1c(CC#N)nnn1C(C)CCO. The minimum atomic E-state index is 0.131. The summed E-state index contributed by atoms with van der Waals surface area (Å²) in [5, 5.41) is 25.7. The van der Waals surface area contributed by atoms with Crippen molar-refractivity contribution in [1.29, 1.82) is 5.26 Å². The van der Waals surface area contributed by atoms with Crippen molar-refractivity contribution >= 4 is 0 Å². The van der Waals surface area contributed by atoms with Crippen LogP contribution in [0.3, 0.4) is 0 Å². The van der Waals surface area contributed by atoms with E-state index in [0.717, 1.165) is 24.2 Å². The molecule has 0 spiro atoms. The standard InChI is InChI=1S/C11H18N4O/c1-3-4-11-10(5-7-12)13-14-15(11)9(2)6-8-16/h9,16H,3-6,8H2,1-2H3. The summed E-state index contributed by atoms with van der Waals surface area (Å²) in [6.45, 7) is 4.23. The van der Waals surface area contributed by atoms with E-state index < -0.39 is 0 Å². The third kappa shape index (κ3) is 2.80. The second-order valence-electron chi connectivity index (χ2n) is 3.87. The lowest BCUT2D eigenvalue weighted by Gasteiger charge is -2.13. The Morgan fingerprint density at radius 1 is 1.56 bits per heavy atom. The molecule has 0 fully saturated rings. The average molecular weight is 222 g/mol. The predicted octanol–water partition coefficient (Wildman–Crippen LogP) is 1.24. The summed E-state index contributed by atoms with van der Waals surface area (Å²) in [7, 11) is 0. The number of hydrogen-bond donors (Lipinski definition) is 1. The molecule has 1 N–H and O–H groups in total. The molecule has 0 radical (unpaired) electrons. The zero-order chi connectivity index (χ0) is 12.0. The molecule has 1 atom stereocenters. The summed E-state index contributed by atoms with van der Waals surface area (Å²) in [6, 6.07) is 2.23. The molecule has 0 amide bonds. The molecule has 1 aromatic rings. The average Bonchev–Trinajstić information content (AvgIpc) is 2.64. The lowest BCUT2D eigenvalue weighted by Crippen LogP contribution is -2.12. The fourth-order valence-corrected chi connectivity index (χ4v) is 1.72. The van der Waals surface area contributed by atoms with Crippen LogP contribution in [-0.4, -0.2) is 26.7 Å². The lowest BCUT2D eigenvalue weighted by molar-refractivity contribution is 0.254. The van der Waals surface area contributed by atoms with Crippen molar-refractivity contribution in [3.63, 3.8) is 0 Å². The highest BCUT2D eigenvalue weighted by molar-refractivity contribution is 5.15. The van der Waals surface area contributed by atoms with Gasteiger partial charge in [-0.05, 0) is 19.8 Å². The van der Waals surface area contributed by atoms with Gasteiger partial charge in [-0.3, -0.25) is 0 Å². The van der Waals surface area contributed by atoms with E-state index in [2.05, 4.69) is 23.3 Å². The third-order valence-corrected chi connectivity index (χ3v) is 2.57. The molecular formula is C11H18N4O. The number of nitriles is 1. The van der Waals surface area contributed by atoms with Gasteiger partial charge in [0.05, 0.1) is 29.9 Å². The van der Waals surface area contributed by atoms with Crippen LogP contribution in [0.5, 0.6) is 0 Å². The fourth-order valence-electron chi connectivity index (χ4n) is 1.72. The second kappa shape index (κ2) is 6.23. The maximum atomic E-state index is 8.92. The Bertz CT molecular complexity index is 367. The zero-order valence-corrected chi connectivity index (χ0v) is 9.85. The molecule has 1 heterocycles. The van der Waals surface area contributed by atoms with E-state index in [4.69, 9.17) is 10.4 Å². The fraction of sp³-hybridized carbons (Fsp3) is 0.727. The number of aliphatic hydroxyl groups excluding tert-OH is 1. The van der Waals surface area contributed by atoms with E-state index in [9.17, 15) is 0 Å². The molecular weight excluding hydrogens is 204 g/mol. The summed E-state index contributed by atoms with van der Waals surface area (Å²) in [5.74, 6) is 0. The summed E-state index contributed by atoms with van der Waals surface area (Å²) in [5.41, 5.74) is 1.80. The molecule has 1 rings (SSSR count). The van der Waals surface area contributed by atoms with Crippen molar-refractivity contribution in [2.24, 2.45) is 0 Å². The molecule has 16 heavy (non-hydrogen) atoms. The van der Waals surface area contributed by atoms with Crippen LogP contribution in [0.4, 0.5) is 0 Å². The maximum absolute atomic E-state index is 8.92. The molecule has 1 unspecified atom stereocenters. The Morgan fingerprint density at radius 3 is 2.88 bits per heavy atom. The summed E-state index contributed by atoms with van der Waals surface area (Å²) < 4.78 is 1.84. The van der Waals surface area contributed by atoms with Gasteiger partial charge in [0.2, 0.25) is 0 Å². The highest BCUT2D eigenvalue weighted by Gasteiger charge is 2.15. The van der Waals surface area contributed by atoms with Gasteiger partial charge in [-0.1, -0.05) is 18.6 Å². The van der Waals surface area contributed by atoms with Crippen molar-refractivity contribution < 1.29 is 5.11 Å². The quantitative estimate of drug-likeness (QED) is 0.785. The van der Waals surface area contributed by atoms with Crippen molar-refractivity contribution in [1.82, 2.24) is 15.0 Å². The molecule has 0 aliphatic carbocycles. The van der Waals surface area contributed by atoms with Crippen LogP contribution in [0.1, 0.15) is 44.1 Å². The van der Waals surface area contributed by atoms with E-state index in [0.29, 0.717) is 12.8 Å². The Balaban J connectivity index is 2.95. The van der Waals surface area contributed by atoms with Gasteiger partial charge in [-0.15, -0.1) is 5.10 Å². The van der Waals surface area contributed by atoms with Crippen LogP contribution < -0.4 is 0 Å². The Hall–Kier alpha value is -1.41. The van der Waals surface area contributed by atoms with Crippen LogP contribution >= 0.6 is 0 Å². The van der Waals surface area contributed by atoms with Gasteiger partial charge in [0.1, 0.15) is 0 Å². The number of aliphatic hydroxyl groups is 1. The van der Waals surface area contributed by atoms with Crippen molar-refractivity contribution in [2.75, 3.05) is 6.61 Å². The van der Waals surface area contributed by atoms with Crippen molar-refractivity contribution in [3.8, 4) is 6.07 Å². The highest BCUT2D eigenvalue weighted by atomic mass is 16.3. The van der Waals surface area contributed by atoms with Gasteiger partial charge in [-0.2, -0.15) is 5.26 Å². The van der Waals surface area contributed by atoms with E-state index in [1.807, 2.05) is 11.6 Å². The minimum absolute atomic E-state index is 0.131. The smallest absolute Gasteiger partial charge is 0.0999 e. The van der Waals surface area contributed by atoms with Crippen LogP contribution in [0.15, 0.2) is 0 Å². The van der Waals surface area contributed by atoms with Crippen LogP contribution in [0.2, 0.25) is 0 Å². The molecule has 0 aromatic carbocycles. The van der Waals surface area contributed by atoms with Gasteiger partial charge in [0.15, 0.2) is 0 Å². The second-order valence-corrected chi connectivity index (χ2v) is 3.87. The molecule has 88 valence electrons. The number of hydrogen-bond acceptors (Lipinski definition) is 4. The van der Waals surface area contributed by atoms with Crippen LogP contribution in [-0.2, 0) is 12.8 Å². The number of rotatable bonds is 6. The van der Waals surface area contributed by atoms with E-state index in [1.165, 1.54) is 0 Å². The predicted molar refractivity (Wildman–Crippen MR) is 59.7 cm³/mol. The third-order valence-electron chi connectivity index (χ3n) is 2.57. The molecule has 0 saturated heterocycles. The van der Waals surface area contributed by atoms with Crippen molar-refractivity contribution in [2.45, 2.75) is 45.6 Å². The van der Waals surface area contributed by atoms with Gasteiger partial charge in [-0.25, -0.2) is 4.68 Å². The molecule has 0 aliphatic rings. The molecule has 0 saturated carbocycles. The van der Waals surface area contributed by atoms with E-state index in [1.54, 1.807) is 0 Å². The summed E-state index contributed by atoms with van der Waals surface area (Å²) >= 11 is 0. The van der Waals surface area contributed by atoms with Gasteiger partial charge in [0.25, 0.3) is 0 Å². The molecule has 0 aliphatic heterocycles. The Morgan fingerprint density at radius 2 is 2.31 bits per heavy atom. The largest absolute Gasteiger partial charge is 0.396 e. The first-order valence-corrected chi connectivity index (χ1v) is 5.65. The number of aromatic nitrogens is 3. The molecule has 5 nitrogen and oxygen atoms in total. The Labute approximate surface area is 95.7 Å². The first-order valence-electron chi connectivity index (χ1n) is 5.65. The molecule has 0 bridgehead atoms. The monoisotopic (exact) mass is 222 g/mol. The van der Waals surface area contributed by atoms with Gasteiger partial charge < -0.3 is 5.11 Å². The maximum Gasteiger partial charge on any atom is 0.0999 e. The lowest BCUT2D eigenvalue weighted by atomic mass is 10.1.